The Morgan fingerprint density at radius 3 is 2.93 bits per heavy atom. The number of nitrogens with two attached hydrogens (primary N) is 1. The molecule has 0 saturated carbocycles. The Labute approximate surface area is 104 Å². The van der Waals surface area contributed by atoms with E-state index in [1.54, 1.807) is 11.3 Å². The van der Waals surface area contributed by atoms with Crippen LogP contribution in [-0.2, 0) is 6.54 Å². The van der Waals surface area contributed by atoms with E-state index < -0.39 is 0 Å². The van der Waals surface area contributed by atoms with Crippen LogP contribution in [0.5, 0.6) is 0 Å². The van der Waals surface area contributed by atoms with Gasteiger partial charge in [0, 0.05) is 21.9 Å². The van der Waals surface area contributed by atoms with E-state index >= 15 is 0 Å². The molecule has 0 bridgehead atoms. The maximum Gasteiger partial charge on any atom is 0.0327 e. The van der Waals surface area contributed by atoms with Crippen molar-refractivity contribution in [3.8, 4) is 0 Å². The number of halogens is 1. The van der Waals surface area contributed by atoms with Crippen LogP contribution in [0.1, 0.15) is 31.1 Å². The molecule has 15 heavy (non-hydrogen) atoms. The first-order valence-electron chi connectivity index (χ1n) is 5.42. The Hall–Kier alpha value is 0.100. The Morgan fingerprint density at radius 2 is 2.33 bits per heavy atom. The number of hydrogen-bond donors (Lipinski definition) is 2. The highest BCUT2D eigenvalue weighted by Gasteiger charge is 2.02. The first kappa shape index (κ1) is 13.2. The van der Waals surface area contributed by atoms with Crippen molar-refractivity contribution in [1.82, 2.24) is 5.32 Å². The number of rotatable bonds is 7. The Morgan fingerprint density at radius 1 is 1.53 bits per heavy atom. The van der Waals surface area contributed by atoms with Gasteiger partial charge in [0.05, 0.1) is 0 Å². The van der Waals surface area contributed by atoms with Crippen molar-refractivity contribution in [2.24, 2.45) is 5.73 Å². The minimum atomic E-state index is 0.356. The van der Waals surface area contributed by atoms with Gasteiger partial charge in [0.25, 0.3) is 0 Å². The molecule has 0 aliphatic carbocycles. The molecule has 0 aromatic carbocycles. The predicted octanol–water partition coefficient (Wildman–Crippen LogP) is 3.12. The van der Waals surface area contributed by atoms with Gasteiger partial charge >= 0.3 is 0 Å². The molecule has 0 amide bonds. The van der Waals surface area contributed by atoms with E-state index in [-0.39, 0.29) is 0 Å². The summed E-state index contributed by atoms with van der Waals surface area (Å²) < 4.78 is 1.21. The smallest absolute Gasteiger partial charge is 0.0327 e. The molecule has 1 heterocycles. The van der Waals surface area contributed by atoms with Gasteiger partial charge in [0.2, 0.25) is 0 Å². The molecule has 1 atom stereocenters. The number of thiophene rings is 1. The highest BCUT2D eigenvalue weighted by Crippen LogP contribution is 2.21. The normalized spacial score (nSPS) is 13.0. The van der Waals surface area contributed by atoms with Crippen molar-refractivity contribution in [3.63, 3.8) is 0 Å². The summed E-state index contributed by atoms with van der Waals surface area (Å²) in [5, 5.41) is 5.52. The molecule has 0 fully saturated rings. The van der Waals surface area contributed by atoms with Crippen molar-refractivity contribution in [2.45, 2.75) is 38.8 Å². The molecule has 1 aromatic heterocycles. The van der Waals surface area contributed by atoms with Gasteiger partial charge in [-0.2, -0.15) is 0 Å². The fraction of sp³-hybridized carbons (Fsp3) is 0.636. The molecular weight excluding hydrogens is 272 g/mol. The molecule has 4 heteroatoms. The lowest BCUT2D eigenvalue weighted by Gasteiger charge is -2.10. The molecule has 86 valence electrons. The lowest BCUT2D eigenvalue weighted by molar-refractivity contribution is 0.528. The highest BCUT2D eigenvalue weighted by atomic mass is 79.9. The Balaban J connectivity index is 2.09. The average molecular weight is 291 g/mol. The lowest BCUT2D eigenvalue weighted by Crippen LogP contribution is -2.26. The molecule has 1 rings (SSSR count). The summed E-state index contributed by atoms with van der Waals surface area (Å²) >= 11 is 5.30. The second-order valence-corrected chi connectivity index (χ2v) is 5.56. The molecule has 0 saturated heterocycles. The Bertz CT molecular complexity index is 275. The van der Waals surface area contributed by atoms with Gasteiger partial charge < -0.3 is 11.1 Å². The van der Waals surface area contributed by atoms with Crippen LogP contribution in [0.25, 0.3) is 0 Å². The quantitative estimate of drug-likeness (QED) is 0.758. The Kier molecular flexibility index (Phi) is 6.48. The molecule has 0 aliphatic heterocycles. The maximum atomic E-state index is 5.93. The molecule has 0 radical (unpaired) electrons. The van der Waals surface area contributed by atoms with E-state index in [4.69, 9.17) is 5.73 Å². The number of nitrogens with one attached hydrogen (secondary N) is 1. The van der Waals surface area contributed by atoms with Gasteiger partial charge in [0.1, 0.15) is 0 Å². The molecule has 2 nitrogen and oxygen atoms in total. The van der Waals surface area contributed by atoms with E-state index in [2.05, 4.69) is 39.6 Å². The first-order valence-corrected chi connectivity index (χ1v) is 7.09. The van der Waals surface area contributed by atoms with E-state index in [0.717, 1.165) is 25.9 Å². The average Bonchev–Trinajstić information content (AvgIpc) is 2.60. The van der Waals surface area contributed by atoms with Gasteiger partial charge in [-0.25, -0.2) is 0 Å². The monoisotopic (exact) mass is 290 g/mol. The van der Waals surface area contributed by atoms with Gasteiger partial charge in [-0.3, -0.25) is 0 Å². The summed E-state index contributed by atoms with van der Waals surface area (Å²) in [5.74, 6) is 0. The molecule has 0 aliphatic rings. The summed E-state index contributed by atoms with van der Waals surface area (Å²) in [7, 11) is 0. The molecule has 1 unspecified atom stereocenters. The van der Waals surface area contributed by atoms with Crippen LogP contribution in [-0.4, -0.2) is 12.6 Å². The van der Waals surface area contributed by atoms with Crippen LogP contribution in [0, 0.1) is 0 Å². The molecular formula is C11H19BrN2S. The van der Waals surface area contributed by atoms with E-state index in [1.807, 2.05) is 0 Å². The zero-order chi connectivity index (χ0) is 11.1. The van der Waals surface area contributed by atoms with Gasteiger partial charge in [0.15, 0.2) is 0 Å². The SMILES string of the molecule is CCCC(N)CCNCc1sccc1Br. The molecule has 0 spiro atoms. The molecule has 1 aromatic rings. The van der Waals surface area contributed by atoms with Gasteiger partial charge in [-0.05, 0) is 46.8 Å². The minimum Gasteiger partial charge on any atom is -0.328 e. The van der Waals surface area contributed by atoms with Crippen LogP contribution < -0.4 is 11.1 Å². The highest BCUT2D eigenvalue weighted by molar-refractivity contribution is 9.10. The van der Waals surface area contributed by atoms with Gasteiger partial charge in [-0.15, -0.1) is 11.3 Å². The summed E-state index contributed by atoms with van der Waals surface area (Å²) in [6.07, 6.45) is 3.37. The third-order valence-corrected chi connectivity index (χ3v) is 4.25. The van der Waals surface area contributed by atoms with Crippen molar-refractivity contribution in [3.05, 3.63) is 20.8 Å². The second kappa shape index (κ2) is 7.39. The van der Waals surface area contributed by atoms with Crippen LogP contribution in [0.3, 0.4) is 0 Å². The second-order valence-electron chi connectivity index (χ2n) is 3.71. The summed E-state index contributed by atoms with van der Waals surface area (Å²) in [5.41, 5.74) is 5.93. The zero-order valence-electron chi connectivity index (χ0n) is 9.13. The topological polar surface area (TPSA) is 38.0 Å². The fourth-order valence-electron chi connectivity index (χ4n) is 1.46. The van der Waals surface area contributed by atoms with E-state index in [0.29, 0.717) is 6.04 Å². The number of hydrogen-bond acceptors (Lipinski definition) is 3. The van der Waals surface area contributed by atoms with Crippen LogP contribution in [0.2, 0.25) is 0 Å². The van der Waals surface area contributed by atoms with E-state index in [1.165, 1.54) is 15.8 Å². The summed E-state index contributed by atoms with van der Waals surface area (Å²) in [6.45, 7) is 4.12. The van der Waals surface area contributed by atoms with Crippen LogP contribution in [0.15, 0.2) is 15.9 Å². The van der Waals surface area contributed by atoms with E-state index in [9.17, 15) is 0 Å². The van der Waals surface area contributed by atoms with Crippen molar-refractivity contribution in [1.29, 1.82) is 0 Å². The lowest BCUT2D eigenvalue weighted by atomic mass is 10.1. The standard InChI is InChI=1S/C11H19BrN2S/c1-2-3-9(13)4-6-14-8-11-10(12)5-7-15-11/h5,7,9,14H,2-4,6,8,13H2,1H3. The summed E-state index contributed by atoms with van der Waals surface area (Å²) in [6, 6.07) is 2.44. The van der Waals surface area contributed by atoms with Crippen molar-refractivity contribution < 1.29 is 0 Å². The first-order chi connectivity index (χ1) is 7.24. The fourth-order valence-corrected chi connectivity index (χ4v) is 2.92. The van der Waals surface area contributed by atoms with Crippen LogP contribution in [0.4, 0.5) is 0 Å². The van der Waals surface area contributed by atoms with Crippen LogP contribution >= 0.6 is 27.3 Å². The minimum absolute atomic E-state index is 0.356. The third-order valence-electron chi connectivity index (χ3n) is 2.33. The zero-order valence-corrected chi connectivity index (χ0v) is 11.5. The van der Waals surface area contributed by atoms with Crippen molar-refractivity contribution >= 4 is 27.3 Å². The predicted molar refractivity (Wildman–Crippen MR) is 71.2 cm³/mol. The van der Waals surface area contributed by atoms with Crippen molar-refractivity contribution in [2.75, 3.05) is 6.54 Å². The summed E-state index contributed by atoms with van der Waals surface area (Å²) in [4.78, 5) is 1.36. The third kappa shape index (κ3) is 5.11. The maximum absolute atomic E-state index is 5.93. The van der Waals surface area contributed by atoms with Gasteiger partial charge in [-0.1, -0.05) is 13.3 Å². The molecule has 3 N–H and O–H groups in total. The largest absolute Gasteiger partial charge is 0.328 e.